The molecule has 0 radical (unpaired) electrons. The van der Waals surface area contributed by atoms with Crippen molar-refractivity contribution in [2.45, 2.75) is 77.3 Å². The van der Waals surface area contributed by atoms with Crippen molar-refractivity contribution in [3.63, 3.8) is 0 Å². The van der Waals surface area contributed by atoms with Crippen molar-refractivity contribution in [1.29, 1.82) is 0 Å². The molecule has 0 aromatic heterocycles. The molecule has 1 unspecified atom stereocenters. The highest BCUT2D eigenvalue weighted by Gasteiger charge is 2.31. The van der Waals surface area contributed by atoms with Crippen LogP contribution in [0.5, 0.6) is 0 Å². The lowest BCUT2D eigenvalue weighted by atomic mass is 9.96. The van der Waals surface area contributed by atoms with Crippen molar-refractivity contribution in [3.8, 4) is 0 Å². The van der Waals surface area contributed by atoms with Crippen LogP contribution < -0.4 is 10.6 Å². The van der Waals surface area contributed by atoms with Crippen LogP contribution in [0, 0.1) is 0 Å². The van der Waals surface area contributed by atoms with Gasteiger partial charge in [-0.05, 0) is 26.7 Å². The number of carbonyl (C=O) groups excluding carboxylic acids is 2. The Balaban J connectivity index is 1.88. The maximum absolute atomic E-state index is 12.5. The van der Waals surface area contributed by atoms with E-state index in [1.807, 2.05) is 0 Å². The van der Waals surface area contributed by atoms with Crippen LogP contribution in [0.25, 0.3) is 0 Å². The maximum Gasteiger partial charge on any atom is 0.237 e. The average molecular weight is 335 g/mol. The van der Waals surface area contributed by atoms with E-state index in [1.54, 1.807) is 0 Å². The first kappa shape index (κ1) is 19.0. The molecule has 136 valence electrons. The predicted octanol–water partition coefficient (Wildman–Crippen LogP) is 2.37. The standard InChI is InChI=1S/C19H33N3O2/c1-15(2)10-12-22-13-11-20-19(24)17(22)14-18(23)21-16-8-6-4-3-5-7-9-16/h10,16-17H,3-9,11-14H2,1-2H3,(H,20,24)(H,21,23). The molecule has 5 heteroatoms. The van der Waals surface area contributed by atoms with E-state index in [4.69, 9.17) is 0 Å². The summed E-state index contributed by atoms with van der Waals surface area (Å²) in [7, 11) is 0. The summed E-state index contributed by atoms with van der Waals surface area (Å²) in [4.78, 5) is 26.8. The van der Waals surface area contributed by atoms with E-state index in [0.29, 0.717) is 6.54 Å². The van der Waals surface area contributed by atoms with Crippen LogP contribution >= 0.6 is 0 Å². The quantitative estimate of drug-likeness (QED) is 0.758. The fourth-order valence-electron chi connectivity index (χ4n) is 3.57. The van der Waals surface area contributed by atoms with Crippen molar-refractivity contribution < 1.29 is 9.59 Å². The molecular formula is C19H33N3O2. The molecule has 1 aliphatic heterocycles. The topological polar surface area (TPSA) is 61.4 Å². The van der Waals surface area contributed by atoms with Gasteiger partial charge in [-0.1, -0.05) is 43.8 Å². The first-order valence-electron chi connectivity index (χ1n) is 9.51. The van der Waals surface area contributed by atoms with Crippen LogP contribution in [-0.2, 0) is 9.59 Å². The second kappa shape index (κ2) is 9.82. The molecule has 1 saturated carbocycles. The Morgan fingerprint density at radius 3 is 2.54 bits per heavy atom. The average Bonchev–Trinajstić information content (AvgIpc) is 2.50. The molecule has 0 aromatic rings. The third kappa shape index (κ3) is 6.27. The monoisotopic (exact) mass is 335 g/mol. The molecule has 1 aliphatic carbocycles. The van der Waals surface area contributed by atoms with E-state index < -0.39 is 0 Å². The number of allylic oxidation sites excluding steroid dienone is 1. The highest BCUT2D eigenvalue weighted by molar-refractivity contribution is 5.88. The molecule has 24 heavy (non-hydrogen) atoms. The van der Waals surface area contributed by atoms with E-state index in [-0.39, 0.29) is 30.3 Å². The molecule has 2 fully saturated rings. The van der Waals surface area contributed by atoms with Crippen LogP contribution in [0.2, 0.25) is 0 Å². The van der Waals surface area contributed by atoms with Gasteiger partial charge < -0.3 is 10.6 Å². The van der Waals surface area contributed by atoms with Gasteiger partial charge in [-0.25, -0.2) is 0 Å². The summed E-state index contributed by atoms with van der Waals surface area (Å²) in [6, 6.07) is -0.0569. The van der Waals surface area contributed by atoms with Crippen molar-refractivity contribution in [2.75, 3.05) is 19.6 Å². The zero-order valence-electron chi connectivity index (χ0n) is 15.3. The van der Waals surface area contributed by atoms with Gasteiger partial charge in [0, 0.05) is 25.7 Å². The molecule has 1 atom stereocenters. The summed E-state index contributed by atoms with van der Waals surface area (Å²) in [6.45, 7) is 6.31. The van der Waals surface area contributed by atoms with Gasteiger partial charge in [-0.3, -0.25) is 14.5 Å². The van der Waals surface area contributed by atoms with Crippen molar-refractivity contribution in [3.05, 3.63) is 11.6 Å². The van der Waals surface area contributed by atoms with Gasteiger partial charge in [-0.2, -0.15) is 0 Å². The van der Waals surface area contributed by atoms with E-state index in [9.17, 15) is 9.59 Å². The van der Waals surface area contributed by atoms with Crippen LogP contribution in [0.15, 0.2) is 11.6 Å². The van der Waals surface area contributed by atoms with E-state index in [1.165, 1.54) is 37.7 Å². The summed E-state index contributed by atoms with van der Waals surface area (Å²) in [5, 5.41) is 6.07. The van der Waals surface area contributed by atoms with E-state index in [2.05, 4.69) is 35.5 Å². The van der Waals surface area contributed by atoms with Gasteiger partial charge >= 0.3 is 0 Å². The lowest BCUT2D eigenvalue weighted by Gasteiger charge is -2.34. The third-order valence-corrected chi connectivity index (χ3v) is 5.02. The summed E-state index contributed by atoms with van der Waals surface area (Å²) in [5.74, 6) is 0.000968. The van der Waals surface area contributed by atoms with Crippen LogP contribution in [0.1, 0.15) is 65.2 Å². The molecule has 1 heterocycles. The number of nitrogens with one attached hydrogen (secondary N) is 2. The number of nitrogens with zero attached hydrogens (tertiary/aromatic N) is 1. The van der Waals surface area contributed by atoms with Crippen LogP contribution in [0.4, 0.5) is 0 Å². The molecule has 1 saturated heterocycles. The smallest absolute Gasteiger partial charge is 0.237 e. The molecule has 0 aromatic carbocycles. The minimum Gasteiger partial charge on any atom is -0.353 e. The Morgan fingerprint density at radius 1 is 1.21 bits per heavy atom. The van der Waals surface area contributed by atoms with Gasteiger partial charge in [-0.15, -0.1) is 0 Å². The van der Waals surface area contributed by atoms with Gasteiger partial charge in [0.25, 0.3) is 0 Å². The first-order chi connectivity index (χ1) is 11.6. The Bertz CT molecular complexity index is 450. The minimum absolute atomic E-state index is 0.0174. The number of carbonyl (C=O) groups is 2. The highest BCUT2D eigenvalue weighted by Crippen LogP contribution is 2.17. The Morgan fingerprint density at radius 2 is 1.88 bits per heavy atom. The number of hydrogen-bond donors (Lipinski definition) is 2. The highest BCUT2D eigenvalue weighted by atomic mass is 16.2. The molecule has 2 aliphatic rings. The first-order valence-corrected chi connectivity index (χ1v) is 9.51. The van der Waals surface area contributed by atoms with Crippen LogP contribution in [0.3, 0.4) is 0 Å². The van der Waals surface area contributed by atoms with Gasteiger partial charge in [0.05, 0.1) is 12.5 Å². The Kier molecular flexibility index (Phi) is 7.76. The Hall–Kier alpha value is -1.36. The molecular weight excluding hydrogens is 302 g/mol. The van der Waals surface area contributed by atoms with E-state index in [0.717, 1.165) is 25.9 Å². The maximum atomic E-state index is 12.5. The van der Waals surface area contributed by atoms with Crippen molar-refractivity contribution >= 4 is 11.8 Å². The molecule has 0 bridgehead atoms. The summed E-state index contributed by atoms with van der Waals surface area (Å²) >= 11 is 0. The minimum atomic E-state index is -0.345. The largest absolute Gasteiger partial charge is 0.353 e. The van der Waals surface area contributed by atoms with Crippen LogP contribution in [-0.4, -0.2) is 48.4 Å². The predicted molar refractivity (Wildman–Crippen MR) is 96.7 cm³/mol. The molecule has 5 nitrogen and oxygen atoms in total. The van der Waals surface area contributed by atoms with E-state index >= 15 is 0 Å². The molecule has 2 rings (SSSR count). The van der Waals surface area contributed by atoms with Crippen molar-refractivity contribution in [2.24, 2.45) is 0 Å². The second-order valence-electron chi connectivity index (χ2n) is 7.40. The second-order valence-corrected chi connectivity index (χ2v) is 7.40. The molecule has 2 N–H and O–H groups in total. The molecule has 0 spiro atoms. The van der Waals surface area contributed by atoms with Crippen molar-refractivity contribution in [1.82, 2.24) is 15.5 Å². The summed E-state index contributed by atoms with van der Waals surface area (Å²) < 4.78 is 0. The zero-order chi connectivity index (χ0) is 17.4. The van der Waals surface area contributed by atoms with Gasteiger partial charge in [0.2, 0.25) is 11.8 Å². The lowest BCUT2D eigenvalue weighted by molar-refractivity contribution is -0.133. The van der Waals surface area contributed by atoms with Gasteiger partial charge in [0.1, 0.15) is 0 Å². The van der Waals surface area contributed by atoms with Gasteiger partial charge in [0.15, 0.2) is 0 Å². The third-order valence-electron chi connectivity index (χ3n) is 5.02. The lowest BCUT2D eigenvalue weighted by Crippen LogP contribution is -2.56. The number of rotatable bonds is 5. The Labute approximate surface area is 146 Å². The normalized spacial score (nSPS) is 23.8. The fourth-order valence-corrected chi connectivity index (χ4v) is 3.57. The summed E-state index contributed by atoms with van der Waals surface area (Å²) in [5.41, 5.74) is 1.23. The summed E-state index contributed by atoms with van der Waals surface area (Å²) in [6.07, 6.45) is 10.8. The number of amides is 2. The number of hydrogen-bond acceptors (Lipinski definition) is 3. The zero-order valence-corrected chi connectivity index (χ0v) is 15.3. The molecule has 2 amide bonds. The SMILES string of the molecule is CC(C)=CCN1CCNC(=O)C1CC(=O)NC1CCCCCCC1. The fraction of sp³-hybridized carbons (Fsp3) is 0.789. The number of piperazine rings is 1.